The fourth-order valence-electron chi connectivity index (χ4n) is 2.63. The smallest absolute Gasteiger partial charge is 0.303 e. The second-order valence-electron chi connectivity index (χ2n) is 5.41. The minimum Gasteiger partial charge on any atom is -0.481 e. The SMILES string of the molecule is Nc1ccc(Br)c(C(=O)N2CCC(CCC(=O)O)CC2)c1. The molecule has 1 aromatic carbocycles. The molecule has 1 heterocycles. The van der Waals surface area contributed by atoms with Gasteiger partial charge in [0, 0.05) is 29.7 Å². The number of anilines is 1. The van der Waals surface area contributed by atoms with E-state index in [2.05, 4.69) is 15.9 Å². The number of carboxylic acids is 1. The van der Waals surface area contributed by atoms with E-state index in [0.29, 0.717) is 36.7 Å². The standard InChI is InChI=1S/C15H19BrN2O3/c16-13-3-2-11(17)9-12(13)15(21)18-7-5-10(6-8-18)1-4-14(19)20/h2-3,9-10H,1,4-8,17H2,(H,19,20). The largest absolute Gasteiger partial charge is 0.481 e. The van der Waals surface area contributed by atoms with Crippen LogP contribution in [0.2, 0.25) is 0 Å². The third kappa shape index (κ3) is 4.20. The Hall–Kier alpha value is -1.56. The molecule has 1 aliphatic heterocycles. The van der Waals surface area contributed by atoms with Crippen molar-refractivity contribution in [3.05, 3.63) is 28.2 Å². The number of carbonyl (C=O) groups is 2. The van der Waals surface area contributed by atoms with E-state index in [1.807, 2.05) is 4.90 Å². The van der Waals surface area contributed by atoms with Gasteiger partial charge >= 0.3 is 5.97 Å². The summed E-state index contributed by atoms with van der Waals surface area (Å²) in [6.07, 6.45) is 2.62. The van der Waals surface area contributed by atoms with Crippen LogP contribution in [0.1, 0.15) is 36.0 Å². The first-order chi connectivity index (χ1) is 9.97. The third-order valence-corrected chi connectivity index (χ3v) is 4.58. The number of hydrogen-bond donors (Lipinski definition) is 2. The Morgan fingerprint density at radius 3 is 2.62 bits per heavy atom. The van der Waals surface area contributed by atoms with Gasteiger partial charge in [-0.3, -0.25) is 9.59 Å². The molecule has 1 aliphatic rings. The zero-order valence-electron chi connectivity index (χ0n) is 11.7. The number of nitrogens with two attached hydrogens (primary N) is 1. The summed E-state index contributed by atoms with van der Waals surface area (Å²) in [5.74, 6) is -0.377. The van der Waals surface area contributed by atoms with E-state index >= 15 is 0 Å². The Bertz CT molecular complexity index is 540. The molecule has 0 unspecified atom stereocenters. The van der Waals surface area contributed by atoms with Gasteiger partial charge in [0.25, 0.3) is 5.91 Å². The van der Waals surface area contributed by atoms with Gasteiger partial charge in [-0.25, -0.2) is 0 Å². The summed E-state index contributed by atoms with van der Waals surface area (Å²) in [6, 6.07) is 5.21. The molecular weight excluding hydrogens is 336 g/mol. The quantitative estimate of drug-likeness (QED) is 0.814. The number of nitrogen functional groups attached to an aromatic ring is 1. The van der Waals surface area contributed by atoms with Crippen LogP contribution in [-0.4, -0.2) is 35.0 Å². The minimum atomic E-state index is -0.753. The molecule has 1 saturated heterocycles. The van der Waals surface area contributed by atoms with Crippen LogP contribution >= 0.6 is 15.9 Å². The lowest BCUT2D eigenvalue weighted by molar-refractivity contribution is -0.137. The predicted molar refractivity (Wildman–Crippen MR) is 84.1 cm³/mol. The Labute approximate surface area is 132 Å². The Morgan fingerprint density at radius 1 is 1.33 bits per heavy atom. The number of benzene rings is 1. The number of carboxylic acid groups (broad SMARTS) is 1. The zero-order valence-corrected chi connectivity index (χ0v) is 13.3. The van der Waals surface area contributed by atoms with Gasteiger partial charge in [0.1, 0.15) is 0 Å². The van der Waals surface area contributed by atoms with Crippen molar-refractivity contribution in [3.63, 3.8) is 0 Å². The molecule has 0 bridgehead atoms. The maximum absolute atomic E-state index is 12.5. The van der Waals surface area contributed by atoms with E-state index in [4.69, 9.17) is 10.8 Å². The van der Waals surface area contributed by atoms with Crippen molar-refractivity contribution in [2.24, 2.45) is 5.92 Å². The topological polar surface area (TPSA) is 83.6 Å². The first-order valence-corrected chi connectivity index (χ1v) is 7.82. The van der Waals surface area contributed by atoms with Crippen LogP contribution in [0, 0.1) is 5.92 Å². The van der Waals surface area contributed by atoms with Crippen molar-refractivity contribution >= 4 is 33.5 Å². The van der Waals surface area contributed by atoms with Crippen LogP contribution in [0.3, 0.4) is 0 Å². The van der Waals surface area contributed by atoms with E-state index < -0.39 is 5.97 Å². The third-order valence-electron chi connectivity index (χ3n) is 3.89. The molecule has 5 nitrogen and oxygen atoms in total. The number of nitrogens with zero attached hydrogens (tertiary/aromatic N) is 1. The number of carbonyl (C=O) groups excluding carboxylic acids is 1. The summed E-state index contributed by atoms with van der Waals surface area (Å²) >= 11 is 3.38. The van der Waals surface area contributed by atoms with Gasteiger partial charge in [0.15, 0.2) is 0 Å². The number of likely N-dealkylation sites (tertiary alicyclic amines) is 1. The summed E-state index contributed by atoms with van der Waals surface area (Å²) in [5.41, 5.74) is 6.89. The summed E-state index contributed by atoms with van der Waals surface area (Å²) in [5, 5.41) is 8.71. The molecule has 1 amide bonds. The van der Waals surface area contributed by atoms with Crippen LogP contribution in [0.25, 0.3) is 0 Å². The highest BCUT2D eigenvalue weighted by Crippen LogP contribution is 2.26. The fourth-order valence-corrected chi connectivity index (χ4v) is 3.05. The highest BCUT2D eigenvalue weighted by Gasteiger charge is 2.25. The van der Waals surface area contributed by atoms with Gasteiger partial charge in [0.2, 0.25) is 0 Å². The number of hydrogen-bond acceptors (Lipinski definition) is 3. The molecular formula is C15H19BrN2O3. The van der Waals surface area contributed by atoms with Gasteiger partial charge < -0.3 is 15.7 Å². The van der Waals surface area contributed by atoms with Gasteiger partial charge in [-0.15, -0.1) is 0 Å². The summed E-state index contributed by atoms with van der Waals surface area (Å²) in [6.45, 7) is 1.34. The maximum atomic E-state index is 12.5. The molecule has 2 rings (SSSR count). The van der Waals surface area contributed by atoms with Gasteiger partial charge in [-0.1, -0.05) is 0 Å². The van der Waals surface area contributed by atoms with Crippen molar-refractivity contribution < 1.29 is 14.7 Å². The van der Waals surface area contributed by atoms with Crippen LogP contribution in [-0.2, 0) is 4.79 Å². The molecule has 0 aromatic heterocycles. The van der Waals surface area contributed by atoms with Crippen LogP contribution < -0.4 is 5.73 Å². The molecule has 3 N–H and O–H groups in total. The van der Waals surface area contributed by atoms with Gasteiger partial charge in [0.05, 0.1) is 5.56 Å². The molecule has 21 heavy (non-hydrogen) atoms. The fraction of sp³-hybridized carbons (Fsp3) is 0.467. The second-order valence-corrected chi connectivity index (χ2v) is 6.26. The van der Waals surface area contributed by atoms with Crippen LogP contribution in [0.15, 0.2) is 22.7 Å². The lowest BCUT2D eigenvalue weighted by Gasteiger charge is -2.32. The first-order valence-electron chi connectivity index (χ1n) is 7.03. The maximum Gasteiger partial charge on any atom is 0.303 e. The van der Waals surface area contributed by atoms with Crippen molar-refractivity contribution in [2.75, 3.05) is 18.8 Å². The molecule has 0 saturated carbocycles. The highest BCUT2D eigenvalue weighted by molar-refractivity contribution is 9.10. The molecule has 1 fully saturated rings. The number of rotatable bonds is 4. The van der Waals surface area contributed by atoms with E-state index in [-0.39, 0.29) is 12.3 Å². The number of aliphatic carboxylic acids is 1. The van der Waals surface area contributed by atoms with Crippen LogP contribution in [0.5, 0.6) is 0 Å². The lowest BCUT2D eigenvalue weighted by Crippen LogP contribution is -2.38. The number of piperidine rings is 1. The summed E-state index contributed by atoms with van der Waals surface area (Å²) in [7, 11) is 0. The summed E-state index contributed by atoms with van der Waals surface area (Å²) in [4.78, 5) is 24.9. The zero-order chi connectivity index (χ0) is 15.4. The number of halogens is 1. The predicted octanol–water partition coefficient (Wildman–Crippen LogP) is 2.75. The summed E-state index contributed by atoms with van der Waals surface area (Å²) < 4.78 is 0.745. The van der Waals surface area contributed by atoms with Crippen molar-refractivity contribution in [2.45, 2.75) is 25.7 Å². The van der Waals surface area contributed by atoms with Crippen molar-refractivity contribution in [3.8, 4) is 0 Å². The first kappa shape index (κ1) is 15.8. The highest BCUT2D eigenvalue weighted by atomic mass is 79.9. The number of amides is 1. The lowest BCUT2D eigenvalue weighted by atomic mass is 9.92. The van der Waals surface area contributed by atoms with E-state index in [1.165, 1.54) is 0 Å². The minimum absolute atomic E-state index is 0.0224. The van der Waals surface area contributed by atoms with Crippen molar-refractivity contribution in [1.29, 1.82) is 0 Å². The van der Waals surface area contributed by atoms with Crippen molar-refractivity contribution in [1.82, 2.24) is 4.90 Å². The monoisotopic (exact) mass is 354 g/mol. The van der Waals surface area contributed by atoms with E-state index in [1.54, 1.807) is 18.2 Å². The average Bonchev–Trinajstić information content (AvgIpc) is 2.47. The Kier molecular flexibility index (Phi) is 5.22. The van der Waals surface area contributed by atoms with E-state index in [0.717, 1.165) is 17.3 Å². The van der Waals surface area contributed by atoms with Gasteiger partial charge in [-0.2, -0.15) is 0 Å². The van der Waals surface area contributed by atoms with E-state index in [9.17, 15) is 9.59 Å². The van der Waals surface area contributed by atoms with Gasteiger partial charge in [-0.05, 0) is 59.3 Å². The average molecular weight is 355 g/mol. The normalized spacial score (nSPS) is 16.0. The molecule has 114 valence electrons. The molecule has 0 radical (unpaired) electrons. The molecule has 6 heteroatoms. The molecule has 0 spiro atoms. The Balaban J connectivity index is 1.94. The molecule has 0 atom stereocenters. The molecule has 1 aromatic rings. The molecule has 0 aliphatic carbocycles. The Morgan fingerprint density at radius 2 is 2.00 bits per heavy atom. The van der Waals surface area contributed by atoms with Crippen LogP contribution in [0.4, 0.5) is 5.69 Å². The second kappa shape index (κ2) is 6.93.